The molecule has 92 valence electrons. The van der Waals surface area contributed by atoms with Gasteiger partial charge in [-0.2, -0.15) is 0 Å². The van der Waals surface area contributed by atoms with Crippen LogP contribution in [0.15, 0.2) is 5.16 Å². The summed E-state index contributed by atoms with van der Waals surface area (Å²) in [5.74, 6) is -2.14. The number of Topliss-reactive ketones (excluding diaryl/α,β-unsaturated/α-hetero) is 1. The van der Waals surface area contributed by atoms with E-state index in [0.29, 0.717) is 0 Å². The van der Waals surface area contributed by atoms with Crippen molar-refractivity contribution in [2.45, 2.75) is 12.4 Å². The van der Waals surface area contributed by atoms with Gasteiger partial charge in [0.2, 0.25) is 11.5 Å². The molecule has 0 aromatic carbocycles. The number of nitrogens with zero attached hydrogens (tertiary/aromatic N) is 1. The summed E-state index contributed by atoms with van der Waals surface area (Å²) >= 11 is 3.92. The van der Waals surface area contributed by atoms with E-state index in [0.717, 1.165) is 0 Å². The van der Waals surface area contributed by atoms with Crippen LogP contribution in [0.25, 0.3) is 0 Å². The lowest BCUT2D eigenvalue weighted by molar-refractivity contribution is -0.137. The summed E-state index contributed by atoms with van der Waals surface area (Å²) in [6, 6.07) is 0. The van der Waals surface area contributed by atoms with E-state index in [1.807, 2.05) is 0 Å². The van der Waals surface area contributed by atoms with E-state index >= 15 is 0 Å². The Balaban J connectivity index is 4.65. The lowest BCUT2D eigenvalue weighted by Crippen LogP contribution is -2.32. The molecule has 0 bridgehead atoms. The molecule has 0 saturated carbocycles. The normalized spacial score (nSPS) is 15.2. The second-order valence-corrected chi connectivity index (χ2v) is 4.58. The number of esters is 1. The van der Waals surface area contributed by atoms with E-state index < -0.39 is 40.0 Å². The van der Waals surface area contributed by atoms with Crippen molar-refractivity contribution >= 4 is 40.2 Å². The third-order valence-electron chi connectivity index (χ3n) is 1.50. The number of hydrogen-bond acceptors (Lipinski definition) is 6. The van der Waals surface area contributed by atoms with Gasteiger partial charge in [0.05, 0.1) is 12.1 Å². The quantitative estimate of drug-likeness (QED) is 0.170. The van der Waals surface area contributed by atoms with Gasteiger partial charge >= 0.3 is 5.97 Å². The molecule has 0 aromatic heterocycles. The van der Waals surface area contributed by atoms with Crippen molar-refractivity contribution in [2.75, 3.05) is 19.2 Å². The summed E-state index contributed by atoms with van der Waals surface area (Å²) in [7, 11) is 1.18. The second-order valence-electron chi connectivity index (χ2n) is 2.65. The zero-order valence-electron chi connectivity index (χ0n) is 9.06. The predicted molar refractivity (Wildman–Crippen MR) is 59.8 cm³/mol. The van der Waals surface area contributed by atoms with Crippen LogP contribution in [0.1, 0.15) is 6.92 Å². The van der Waals surface area contributed by atoms with Gasteiger partial charge in [0.15, 0.2) is 0 Å². The molecule has 0 spiro atoms. The molecular weight excluding hydrogens is 258 g/mol. The van der Waals surface area contributed by atoms with E-state index in [4.69, 9.17) is 16.3 Å². The monoisotopic (exact) mass is 269 g/mol. The van der Waals surface area contributed by atoms with Crippen LogP contribution in [0.4, 0.5) is 0 Å². The van der Waals surface area contributed by atoms with Crippen molar-refractivity contribution in [1.29, 1.82) is 0 Å². The molecule has 0 aromatic rings. The van der Waals surface area contributed by atoms with Crippen molar-refractivity contribution in [3.8, 4) is 0 Å². The van der Waals surface area contributed by atoms with Crippen molar-refractivity contribution in [3.05, 3.63) is 0 Å². The molecule has 0 aliphatic heterocycles. The standard InChI is InChI=1S/C8H12ClNO5S/c1-5(16(3)13)15-8(12)7(10-14-2)6(11)4-9/h5H,4H2,1-3H3. The van der Waals surface area contributed by atoms with Gasteiger partial charge in [-0.05, 0) is 11.2 Å². The molecule has 16 heavy (non-hydrogen) atoms. The summed E-state index contributed by atoms with van der Waals surface area (Å²) in [6.07, 6.45) is 1.37. The number of carbonyl (C=O) groups is 2. The fourth-order valence-electron chi connectivity index (χ4n) is 0.631. The van der Waals surface area contributed by atoms with Crippen molar-refractivity contribution in [1.82, 2.24) is 0 Å². The molecule has 0 heterocycles. The molecule has 6 nitrogen and oxygen atoms in total. The number of ether oxygens (including phenoxy) is 1. The highest BCUT2D eigenvalue weighted by Gasteiger charge is 2.26. The average Bonchev–Trinajstić information content (AvgIpc) is 2.24. The number of hydrogen-bond donors (Lipinski definition) is 0. The number of oxime groups is 1. The molecule has 2 atom stereocenters. The lowest BCUT2D eigenvalue weighted by Gasteiger charge is -2.14. The Hall–Kier alpha value is -0.790. The minimum Gasteiger partial charge on any atom is -0.614 e. The fraction of sp³-hybridized carbons (Fsp3) is 0.625. The SMILES string of the molecule is CON=C(C(=O)CCl)C(=O)OC(C)[S+](C)[O-]. The molecule has 0 aliphatic rings. The number of carbonyl (C=O) groups excluding carboxylic acids is 2. The molecule has 0 aliphatic carbocycles. The first-order chi connectivity index (χ1) is 7.43. The Morgan fingerprint density at radius 1 is 1.56 bits per heavy atom. The van der Waals surface area contributed by atoms with Gasteiger partial charge in [-0.3, -0.25) is 4.79 Å². The minimum absolute atomic E-state index is 0.416. The fourth-order valence-corrected chi connectivity index (χ4v) is 0.980. The smallest absolute Gasteiger partial charge is 0.368 e. The number of alkyl halides is 1. The predicted octanol–water partition coefficient (Wildman–Crippen LogP) is 0.0644. The molecule has 0 radical (unpaired) electrons. The molecule has 8 heteroatoms. The van der Waals surface area contributed by atoms with E-state index in [9.17, 15) is 14.1 Å². The molecular formula is C8H12ClNO5S. The van der Waals surface area contributed by atoms with E-state index in [1.165, 1.54) is 20.3 Å². The summed E-state index contributed by atoms with van der Waals surface area (Å²) in [5.41, 5.74) is -1.38. The van der Waals surface area contributed by atoms with Crippen LogP contribution in [0.2, 0.25) is 0 Å². The van der Waals surface area contributed by atoms with Gasteiger partial charge in [0.25, 0.3) is 5.44 Å². The number of ketones is 1. The molecule has 0 rings (SSSR count). The second kappa shape index (κ2) is 7.48. The van der Waals surface area contributed by atoms with Crippen molar-refractivity contribution < 1.29 is 23.7 Å². The first-order valence-corrected chi connectivity index (χ1v) is 6.33. The zero-order chi connectivity index (χ0) is 12.7. The third-order valence-corrected chi connectivity index (χ3v) is 2.78. The third kappa shape index (κ3) is 4.82. The van der Waals surface area contributed by atoms with Crippen LogP contribution in [0, 0.1) is 0 Å². The number of rotatable bonds is 6. The summed E-state index contributed by atoms with van der Waals surface area (Å²) in [6.45, 7) is 1.43. The van der Waals surface area contributed by atoms with Crippen LogP contribution in [0.3, 0.4) is 0 Å². The van der Waals surface area contributed by atoms with E-state index in [1.54, 1.807) is 0 Å². The highest BCUT2D eigenvalue weighted by atomic mass is 35.5. The minimum atomic E-state index is -1.35. The highest BCUT2D eigenvalue weighted by Crippen LogP contribution is 2.02. The Labute approximate surface area is 101 Å². The number of halogens is 1. The van der Waals surface area contributed by atoms with Gasteiger partial charge in [-0.15, -0.1) is 11.6 Å². The van der Waals surface area contributed by atoms with Gasteiger partial charge in [0.1, 0.15) is 7.11 Å². The molecule has 0 fully saturated rings. The lowest BCUT2D eigenvalue weighted by atomic mass is 10.3. The van der Waals surface area contributed by atoms with Gasteiger partial charge in [0, 0.05) is 6.92 Å². The highest BCUT2D eigenvalue weighted by molar-refractivity contribution is 7.91. The first-order valence-electron chi connectivity index (χ1n) is 4.17. The van der Waals surface area contributed by atoms with Crippen LogP contribution < -0.4 is 0 Å². The van der Waals surface area contributed by atoms with E-state index in [-0.39, 0.29) is 0 Å². The largest absolute Gasteiger partial charge is 0.614 e. The van der Waals surface area contributed by atoms with Crippen molar-refractivity contribution in [2.24, 2.45) is 5.16 Å². The molecule has 0 amide bonds. The summed E-state index contributed by atoms with van der Waals surface area (Å²) < 4.78 is 15.7. The zero-order valence-corrected chi connectivity index (χ0v) is 10.6. The molecule has 0 N–H and O–H groups in total. The topological polar surface area (TPSA) is 88.0 Å². The summed E-state index contributed by atoms with van der Waals surface area (Å²) in [5, 5.41) is 3.22. The van der Waals surface area contributed by atoms with Gasteiger partial charge in [-0.1, -0.05) is 5.16 Å². The van der Waals surface area contributed by atoms with Gasteiger partial charge in [-0.25, -0.2) is 4.79 Å². The van der Waals surface area contributed by atoms with Crippen LogP contribution in [-0.4, -0.2) is 46.7 Å². The van der Waals surface area contributed by atoms with Crippen LogP contribution in [-0.2, 0) is 30.3 Å². The molecule has 2 unspecified atom stereocenters. The maximum absolute atomic E-state index is 11.4. The average molecular weight is 270 g/mol. The maximum atomic E-state index is 11.4. The Morgan fingerprint density at radius 3 is 2.50 bits per heavy atom. The summed E-state index contributed by atoms with van der Waals surface area (Å²) in [4.78, 5) is 26.9. The van der Waals surface area contributed by atoms with Crippen molar-refractivity contribution in [3.63, 3.8) is 0 Å². The molecule has 0 saturated heterocycles. The van der Waals surface area contributed by atoms with Gasteiger partial charge < -0.3 is 14.1 Å². The Morgan fingerprint density at radius 2 is 2.12 bits per heavy atom. The van der Waals surface area contributed by atoms with E-state index in [2.05, 4.69) is 9.99 Å². The van der Waals surface area contributed by atoms with Crippen LogP contribution in [0.5, 0.6) is 0 Å². The maximum Gasteiger partial charge on any atom is 0.368 e. The first kappa shape index (κ1) is 15.2. The Bertz CT molecular complexity index is 294. The van der Waals surface area contributed by atoms with Crippen LogP contribution >= 0.6 is 11.6 Å². The Kier molecular flexibility index (Phi) is 7.11.